The molecule has 0 aromatic rings. The van der Waals surface area contributed by atoms with Crippen molar-refractivity contribution in [3.05, 3.63) is 0 Å². The third-order valence-electron chi connectivity index (χ3n) is 3.48. The molecular weight excluding hydrogens is 188 g/mol. The Morgan fingerprint density at radius 3 is 2.73 bits per heavy atom. The maximum absolute atomic E-state index is 11.9. The molecule has 0 saturated heterocycles. The number of nitrogens with one attached hydrogen (secondary N) is 1. The van der Waals surface area contributed by atoms with Gasteiger partial charge in [-0.25, -0.2) is 0 Å². The molecule has 15 heavy (non-hydrogen) atoms. The van der Waals surface area contributed by atoms with Crippen molar-refractivity contribution in [1.82, 2.24) is 5.32 Å². The van der Waals surface area contributed by atoms with E-state index in [1.54, 1.807) is 0 Å². The Balaban J connectivity index is 2.04. The van der Waals surface area contributed by atoms with Gasteiger partial charge in [-0.2, -0.15) is 0 Å². The molecule has 0 aromatic carbocycles. The summed E-state index contributed by atoms with van der Waals surface area (Å²) in [4.78, 5) is 16.6. The highest BCUT2D eigenvalue weighted by Crippen LogP contribution is 2.34. The van der Waals surface area contributed by atoms with Crippen LogP contribution in [0.15, 0.2) is 4.99 Å². The smallest absolute Gasteiger partial charge is 0.253 e. The molecule has 0 bridgehead atoms. The van der Waals surface area contributed by atoms with Crippen LogP contribution in [0.1, 0.15) is 58.3 Å². The SMILES string of the molecule is CCCCC1=NC2(CCCCC2)C(=O)N1. The molecule has 0 aromatic heterocycles. The van der Waals surface area contributed by atoms with Crippen LogP contribution in [0, 0.1) is 0 Å². The molecule has 1 heterocycles. The van der Waals surface area contributed by atoms with E-state index in [2.05, 4.69) is 17.2 Å². The second-order valence-corrected chi connectivity index (χ2v) is 4.71. The molecule has 3 nitrogen and oxygen atoms in total. The summed E-state index contributed by atoms with van der Waals surface area (Å²) in [6, 6.07) is 0. The molecule has 0 atom stereocenters. The van der Waals surface area contributed by atoms with Crippen molar-refractivity contribution >= 4 is 11.7 Å². The van der Waals surface area contributed by atoms with Crippen LogP contribution in [0.3, 0.4) is 0 Å². The first-order valence-electron chi connectivity index (χ1n) is 6.17. The minimum atomic E-state index is -0.360. The van der Waals surface area contributed by atoms with Gasteiger partial charge in [0.05, 0.1) is 0 Å². The molecule has 1 aliphatic carbocycles. The largest absolute Gasteiger partial charge is 0.312 e. The number of hydrogen-bond acceptors (Lipinski definition) is 2. The molecule has 1 spiro atoms. The van der Waals surface area contributed by atoms with Crippen LogP contribution in [-0.4, -0.2) is 17.3 Å². The van der Waals surface area contributed by atoms with Crippen molar-refractivity contribution in [2.45, 2.75) is 63.8 Å². The Hall–Kier alpha value is -0.860. The Morgan fingerprint density at radius 2 is 2.07 bits per heavy atom. The summed E-state index contributed by atoms with van der Waals surface area (Å²) in [6.45, 7) is 2.16. The first kappa shape index (κ1) is 10.7. The van der Waals surface area contributed by atoms with Crippen molar-refractivity contribution in [1.29, 1.82) is 0 Å². The van der Waals surface area contributed by atoms with Crippen molar-refractivity contribution in [3.8, 4) is 0 Å². The van der Waals surface area contributed by atoms with Crippen molar-refractivity contribution in [3.63, 3.8) is 0 Å². The van der Waals surface area contributed by atoms with E-state index in [0.29, 0.717) is 0 Å². The summed E-state index contributed by atoms with van der Waals surface area (Å²) in [5, 5.41) is 2.96. The molecular formula is C12H20N2O. The summed E-state index contributed by atoms with van der Waals surface area (Å²) >= 11 is 0. The monoisotopic (exact) mass is 208 g/mol. The fourth-order valence-electron chi connectivity index (χ4n) is 2.52. The van der Waals surface area contributed by atoms with E-state index in [9.17, 15) is 4.79 Å². The van der Waals surface area contributed by atoms with Crippen LogP contribution >= 0.6 is 0 Å². The second kappa shape index (κ2) is 4.33. The van der Waals surface area contributed by atoms with Gasteiger partial charge in [0.25, 0.3) is 5.91 Å². The summed E-state index contributed by atoms with van der Waals surface area (Å²) in [7, 11) is 0. The van der Waals surface area contributed by atoms with E-state index < -0.39 is 0 Å². The number of amides is 1. The third kappa shape index (κ3) is 2.06. The van der Waals surface area contributed by atoms with Gasteiger partial charge in [-0.1, -0.05) is 32.6 Å². The second-order valence-electron chi connectivity index (χ2n) is 4.71. The summed E-state index contributed by atoms with van der Waals surface area (Å²) < 4.78 is 0. The van der Waals surface area contributed by atoms with Gasteiger partial charge in [0, 0.05) is 6.42 Å². The average molecular weight is 208 g/mol. The highest BCUT2D eigenvalue weighted by atomic mass is 16.2. The third-order valence-corrected chi connectivity index (χ3v) is 3.48. The average Bonchev–Trinajstić information content (AvgIpc) is 2.54. The molecule has 1 aliphatic heterocycles. The number of amidine groups is 1. The quantitative estimate of drug-likeness (QED) is 0.760. The normalized spacial score (nSPS) is 24.1. The van der Waals surface area contributed by atoms with Crippen LogP contribution in [0.4, 0.5) is 0 Å². The van der Waals surface area contributed by atoms with E-state index in [4.69, 9.17) is 0 Å². The number of carbonyl (C=O) groups is 1. The minimum Gasteiger partial charge on any atom is -0.312 e. The molecule has 1 saturated carbocycles. The Kier molecular flexibility index (Phi) is 3.08. The van der Waals surface area contributed by atoms with Crippen LogP contribution in [-0.2, 0) is 4.79 Å². The van der Waals surface area contributed by atoms with Gasteiger partial charge in [0.2, 0.25) is 0 Å². The number of hydrogen-bond donors (Lipinski definition) is 1. The van der Waals surface area contributed by atoms with Gasteiger partial charge >= 0.3 is 0 Å². The van der Waals surface area contributed by atoms with Gasteiger partial charge in [0.15, 0.2) is 0 Å². The van der Waals surface area contributed by atoms with E-state index in [1.165, 1.54) is 6.42 Å². The predicted octanol–water partition coefficient (Wildman–Crippen LogP) is 2.41. The molecule has 3 heteroatoms. The zero-order valence-corrected chi connectivity index (χ0v) is 9.51. The Morgan fingerprint density at radius 1 is 1.33 bits per heavy atom. The van der Waals surface area contributed by atoms with Gasteiger partial charge in [-0.3, -0.25) is 9.79 Å². The highest BCUT2D eigenvalue weighted by molar-refractivity contribution is 6.08. The number of aliphatic imine (C=N–C) groups is 1. The molecule has 1 amide bonds. The lowest BCUT2D eigenvalue weighted by atomic mass is 9.82. The first-order valence-corrected chi connectivity index (χ1v) is 6.17. The van der Waals surface area contributed by atoms with E-state index in [-0.39, 0.29) is 11.4 Å². The highest BCUT2D eigenvalue weighted by Gasteiger charge is 2.43. The van der Waals surface area contributed by atoms with Crippen LogP contribution in [0.2, 0.25) is 0 Å². The van der Waals surface area contributed by atoms with Crippen LogP contribution in [0.5, 0.6) is 0 Å². The van der Waals surface area contributed by atoms with E-state index >= 15 is 0 Å². The summed E-state index contributed by atoms with van der Waals surface area (Å²) in [5.74, 6) is 1.09. The zero-order chi connectivity index (χ0) is 10.7. The van der Waals surface area contributed by atoms with E-state index in [1.807, 2.05) is 0 Å². The maximum Gasteiger partial charge on any atom is 0.253 e. The van der Waals surface area contributed by atoms with Crippen molar-refractivity contribution in [2.75, 3.05) is 0 Å². The summed E-state index contributed by atoms with van der Waals surface area (Å²) in [6.07, 6.45) is 8.68. The number of nitrogens with zero attached hydrogens (tertiary/aromatic N) is 1. The first-order chi connectivity index (χ1) is 7.27. The van der Waals surface area contributed by atoms with Gasteiger partial charge < -0.3 is 5.32 Å². The molecule has 1 N–H and O–H groups in total. The molecule has 0 unspecified atom stereocenters. The Labute approximate surface area is 91.3 Å². The molecule has 0 radical (unpaired) electrons. The van der Waals surface area contributed by atoms with Crippen LogP contribution in [0.25, 0.3) is 0 Å². The Bertz CT molecular complexity index is 277. The number of carbonyl (C=O) groups excluding carboxylic acids is 1. The number of rotatable bonds is 3. The van der Waals surface area contributed by atoms with Gasteiger partial charge in [-0.05, 0) is 19.3 Å². The van der Waals surface area contributed by atoms with Gasteiger partial charge in [-0.15, -0.1) is 0 Å². The lowest BCUT2D eigenvalue weighted by molar-refractivity contribution is -0.124. The van der Waals surface area contributed by atoms with Crippen LogP contribution < -0.4 is 5.32 Å². The maximum atomic E-state index is 11.9. The number of unbranched alkanes of at least 4 members (excludes halogenated alkanes) is 1. The fraction of sp³-hybridized carbons (Fsp3) is 0.833. The lowest BCUT2D eigenvalue weighted by Gasteiger charge is -2.27. The topological polar surface area (TPSA) is 41.5 Å². The molecule has 1 fully saturated rings. The molecule has 2 rings (SSSR count). The zero-order valence-electron chi connectivity index (χ0n) is 9.51. The minimum absolute atomic E-state index is 0.160. The van der Waals surface area contributed by atoms with Crippen molar-refractivity contribution < 1.29 is 4.79 Å². The standard InChI is InChI=1S/C12H20N2O/c1-2-3-7-10-13-11(15)12(14-10)8-5-4-6-9-12/h2-9H2,1H3,(H,13,14,15). The summed E-state index contributed by atoms with van der Waals surface area (Å²) in [5.41, 5.74) is -0.360. The fourth-order valence-corrected chi connectivity index (χ4v) is 2.52. The molecule has 2 aliphatic rings. The molecule has 84 valence electrons. The predicted molar refractivity (Wildman–Crippen MR) is 60.9 cm³/mol. The van der Waals surface area contributed by atoms with Crippen molar-refractivity contribution in [2.24, 2.45) is 4.99 Å². The van der Waals surface area contributed by atoms with Gasteiger partial charge in [0.1, 0.15) is 11.4 Å². The van der Waals surface area contributed by atoms with E-state index in [0.717, 1.165) is 50.8 Å². The lowest BCUT2D eigenvalue weighted by Crippen LogP contribution is -2.41.